The largest absolute Gasteiger partial charge is 0.453 e. The summed E-state index contributed by atoms with van der Waals surface area (Å²) in [7, 11) is 1.30. The van der Waals surface area contributed by atoms with E-state index in [9.17, 15) is 19.2 Å². The standard InChI is InChI=1S/C43H55N9O5/c1-8-15-50(38(53)17-24(2)3)23-37-44-21-32(46-37)28-11-13-30-31(19-28)48-41(54)26(6)52-34-14-12-27(18-29(34)20-36(30)52)33-22-45-40(47-33)35-10-9-16-51(35)42(55)39(25(4)5)49-43(56)57-7/h11-14,18-22,24-26,35,39-40,45,47H,8-10,15-17,23H2,1-7H3,(H,44,46)(H,48,54)(H,49,56). The molecule has 4 atom stereocenters. The number of ether oxygens (including phenoxy) is 1. The van der Waals surface area contributed by atoms with Crippen LogP contribution < -0.4 is 21.3 Å². The van der Waals surface area contributed by atoms with Gasteiger partial charge in [-0.15, -0.1) is 0 Å². The summed E-state index contributed by atoms with van der Waals surface area (Å²) in [5.74, 6) is 0.799. The van der Waals surface area contributed by atoms with Crippen molar-refractivity contribution < 1.29 is 23.9 Å². The van der Waals surface area contributed by atoms with E-state index in [0.717, 1.165) is 63.9 Å². The highest BCUT2D eigenvalue weighted by Gasteiger charge is 2.40. The monoisotopic (exact) mass is 777 g/mol. The Labute approximate surface area is 333 Å². The molecule has 14 heteroatoms. The summed E-state index contributed by atoms with van der Waals surface area (Å²) in [6.07, 6.45) is 5.99. The number of rotatable bonds is 12. The molecule has 3 aliphatic heterocycles. The summed E-state index contributed by atoms with van der Waals surface area (Å²) >= 11 is 0. The molecule has 7 rings (SSSR count). The van der Waals surface area contributed by atoms with Crippen molar-refractivity contribution in [2.45, 2.75) is 98.1 Å². The third-order valence-corrected chi connectivity index (χ3v) is 11.3. The summed E-state index contributed by atoms with van der Waals surface area (Å²) in [6, 6.07) is 13.2. The first-order valence-corrected chi connectivity index (χ1v) is 20.2. The van der Waals surface area contributed by atoms with Crippen molar-refractivity contribution in [1.29, 1.82) is 0 Å². The van der Waals surface area contributed by atoms with E-state index in [2.05, 4.69) is 80.8 Å². The summed E-state index contributed by atoms with van der Waals surface area (Å²) in [6.45, 7) is 13.6. The lowest BCUT2D eigenvalue weighted by atomic mass is 10.0. The number of benzene rings is 2. The van der Waals surface area contributed by atoms with Gasteiger partial charge in [0.15, 0.2) is 0 Å². The van der Waals surface area contributed by atoms with Crippen molar-refractivity contribution in [2.24, 2.45) is 11.8 Å². The smallest absolute Gasteiger partial charge is 0.407 e. The lowest BCUT2D eigenvalue weighted by molar-refractivity contribution is -0.136. The molecule has 4 unspecified atom stereocenters. The van der Waals surface area contributed by atoms with Gasteiger partial charge in [0.25, 0.3) is 0 Å². The van der Waals surface area contributed by atoms with Crippen molar-refractivity contribution in [3.63, 3.8) is 0 Å². The molecule has 14 nitrogen and oxygen atoms in total. The Morgan fingerprint density at radius 3 is 2.60 bits per heavy atom. The van der Waals surface area contributed by atoms with Crippen molar-refractivity contribution in [3.8, 4) is 22.5 Å². The van der Waals surface area contributed by atoms with Gasteiger partial charge in [-0.3, -0.25) is 14.4 Å². The normalized spacial score (nSPS) is 19.3. The maximum Gasteiger partial charge on any atom is 0.407 e. The second kappa shape index (κ2) is 16.4. The molecule has 5 N–H and O–H groups in total. The molecule has 0 radical (unpaired) electrons. The number of anilines is 1. The molecule has 4 amide bonds. The molecule has 1 fully saturated rings. The maximum atomic E-state index is 13.7. The number of alkyl carbamates (subject to hydrolysis) is 1. The molecule has 0 spiro atoms. The van der Waals surface area contributed by atoms with Crippen LogP contribution in [0, 0.1) is 11.8 Å². The Kier molecular flexibility index (Phi) is 11.3. The highest BCUT2D eigenvalue weighted by Crippen LogP contribution is 2.41. The van der Waals surface area contributed by atoms with Crippen LogP contribution >= 0.6 is 0 Å². The molecule has 4 aromatic rings. The number of H-pyrrole nitrogens is 1. The van der Waals surface area contributed by atoms with Gasteiger partial charge in [0.2, 0.25) is 17.7 Å². The molecule has 3 aliphatic rings. The van der Waals surface area contributed by atoms with E-state index < -0.39 is 18.2 Å². The minimum Gasteiger partial charge on any atom is -0.453 e. The van der Waals surface area contributed by atoms with Crippen LogP contribution in [0.3, 0.4) is 0 Å². The fraction of sp³-hybridized carbons (Fsp3) is 0.465. The average Bonchev–Trinajstić information content (AvgIpc) is 4.01. The number of amides is 4. The van der Waals surface area contributed by atoms with Crippen LogP contribution in [-0.2, 0) is 25.7 Å². The van der Waals surface area contributed by atoms with Crippen molar-refractivity contribution in [2.75, 3.05) is 25.5 Å². The molecule has 57 heavy (non-hydrogen) atoms. The zero-order valence-electron chi connectivity index (χ0n) is 33.9. The third kappa shape index (κ3) is 7.94. The Morgan fingerprint density at radius 2 is 1.86 bits per heavy atom. The summed E-state index contributed by atoms with van der Waals surface area (Å²) < 4.78 is 6.88. The van der Waals surface area contributed by atoms with Gasteiger partial charge in [-0.05, 0) is 67.9 Å². The number of hydrogen-bond acceptors (Lipinski definition) is 8. The lowest BCUT2D eigenvalue weighted by Gasteiger charge is -2.34. The molecule has 0 bridgehead atoms. The lowest BCUT2D eigenvalue weighted by Crippen LogP contribution is -2.57. The van der Waals surface area contributed by atoms with E-state index in [0.29, 0.717) is 37.6 Å². The van der Waals surface area contributed by atoms with Gasteiger partial charge in [-0.1, -0.05) is 52.8 Å². The van der Waals surface area contributed by atoms with Crippen LogP contribution in [0.2, 0.25) is 0 Å². The Hall–Kier alpha value is -5.79. The fourth-order valence-electron chi connectivity index (χ4n) is 8.32. The number of aromatic nitrogens is 3. The van der Waals surface area contributed by atoms with Crippen LogP contribution in [0.5, 0.6) is 0 Å². The Bertz CT molecular complexity index is 2200. The van der Waals surface area contributed by atoms with Crippen LogP contribution in [0.4, 0.5) is 10.5 Å². The van der Waals surface area contributed by atoms with E-state index in [1.807, 2.05) is 55.0 Å². The van der Waals surface area contributed by atoms with Crippen LogP contribution in [0.25, 0.3) is 39.1 Å². The molecule has 5 heterocycles. The Balaban J connectivity index is 1.11. The first kappa shape index (κ1) is 39.4. The van der Waals surface area contributed by atoms with E-state index >= 15 is 0 Å². The number of imidazole rings is 1. The minimum absolute atomic E-state index is 0.104. The number of aromatic amines is 1. The van der Waals surface area contributed by atoms with Gasteiger partial charge in [0.05, 0.1) is 48.7 Å². The second-order valence-corrected chi connectivity index (χ2v) is 16.2. The molecule has 2 aromatic carbocycles. The summed E-state index contributed by atoms with van der Waals surface area (Å²) in [5.41, 5.74) is 7.09. The number of methoxy groups -OCH3 is 1. The molecule has 2 aromatic heterocycles. The average molecular weight is 778 g/mol. The highest BCUT2D eigenvalue weighted by molar-refractivity contribution is 6.04. The predicted molar refractivity (Wildman–Crippen MR) is 220 cm³/mol. The highest BCUT2D eigenvalue weighted by atomic mass is 16.5. The van der Waals surface area contributed by atoms with Crippen LogP contribution in [0.1, 0.15) is 84.7 Å². The van der Waals surface area contributed by atoms with Gasteiger partial charge < -0.3 is 45.4 Å². The maximum absolute atomic E-state index is 13.7. The number of nitrogens with zero attached hydrogens (tertiary/aromatic N) is 4. The SMILES string of the molecule is CCCN(Cc1ncc(-c2ccc3c(c2)NC(=O)C(C)n2c-3cc3cc(C4=CNC(C5CCCN5C(=O)C(NC(=O)OC)C(C)C)N4)ccc32)[nH]1)C(=O)CC(C)C. The molecular formula is C43H55N9O5. The topological polar surface area (TPSA) is 166 Å². The van der Waals surface area contributed by atoms with Crippen molar-refractivity contribution in [3.05, 3.63) is 66.2 Å². The zero-order chi connectivity index (χ0) is 40.5. The number of nitrogens with one attached hydrogen (secondary N) is 5. The van der Waals surface area contributed by atoms with Crippen molar-refractivity contribution in [1.82, 2.24) is 40.3 Å². The first-order chi connectivity index (χ1) is 27.4. The van der Waals surface area contributed by atoms with Crippen molar-refractivity contribution >= 4 is 46.1 Å². The van der Waals surface area contributed by atoms with E-state index in [1.54, 1.807) is 6.20 Å². The van der Waals surface area contributed by atoms with Gasteiger partial charge in [-0.25, -0.2) is 9.78 Å². The summed E-state index contributed by atoms with van der Waals surface area (Å²) in [5, 5.41) is 14.0. The number of carbonyl (C=O) groups is 4. The molecular weight excluding hydrogens is 723 g/mol. The number of likely N-dealkylation sites (tertiary alicyclic amines) is 1. The molecule has 302 valence electrons. The van der Waals surface area contributed by atoms with Gasteiger partial charge in [0.1, 0.15) is 24.1 Å². The predicted octanol–water partition coefficient (Wildman–Crippen LogP) is 6.19. The molecule has 0 saturated carbocycles. The molecule has 0 aliphatic carbocycles. The van der Waals surface area contributed by atoms with Gasteiger partial charge >= 0.3 is 6.09 Å². The zero-order valence-corrected chi connectivity index (χ0v) is 33.9. The van der Waals surface area contributed by atoms with E-state index in [-0.39, 0.29) is 41.8 Å². The minimum atomic E-state index is -0.682. The van der Waals surface area contributed by atoms with Gasteiger partial charge in [-0.2, -0.15) is 0 Å². The number of fused-ring (bicyclic) bond motifs is 5. The number of carbonyl (C=O) groups excluding carboxylic acids is 4. The molecule has 1 saturated heterocycles. The van der Waals surface area contributed by atoms with Crippen LogP contribution in [0.15, 0.2) is 54.9 Å². The van der Waals surface area contributed by atoms with E-state index in [4.69, 9.17) is 4.74 Å². The second-order valence-electron chi connectivity index (χ2n) is 16.2. The first-order valence-electron chi connectivity index (χ1n) is 20.2. The van der Waals surface area contributed by atoms with Crippen LogP contribution in [-0.4, -0.2) is 86.6 Å². The third-order valence-electron chi connectivity index (χ3n) is 11.3. The van der Waals surface area contributed by atoms with Gasteiger partial charge in [0, 0.05) is 47.7 Å². The van der Waals surface area contributed by atoms with E-state index in [1.165, 1.54) is 7.11 Å². The fourth-order valence-corrected chi connectivity index (χ4v) is 8.32. The Morgan fingerprint density at radius 1 is 1.07 bits per heavy atom. The number of hydrogen-bond donors (Lipinski definition) is 5. The summed E-state index contributed by atoms with van der Waals surface area (Å²) in [4.78, 5) is 64.0. The quantitative estimate of drug-likeness (QED) is 0.114.